The predicted octanol–water partition coefficient (Wildman–Crippen LogP) is 5.64. The third-order valence-corrected chi connectivity index (χ3v) is 5.27. The Bertz CT molecular complexity index is 1440. The fourth-order valence-electron chi connectivity index (χ4n) is 3.76. The van der Waals surface area contributed by atoms with Gasteiger partial charge >= 0.3 is 0 Å². The number of allylic oxidation sites excluding steroid dienone is 1. The summed E-state index contributed by atoms with van der Waals surface area (Å²) >= 11 is 0. The summed E-state index contributed by atoms with van der Waals surface area (Å²) in [5.41, 5.74) is 2.84. The summed E-state index contributed by atoms with van der Waals surface area (Å²) in [6.45, 7) is 10.3. The molecule has 0 radical (unpaired) electrons. The number of fused-ring (bicyclic) bond motifs is 1. The second-order valence-electron chi connectivity index (χ2n) is 7.71. The van der Waals surface area contributed by atoms with Gasteiger partial charge in [0.15, 0.2) is 17.3 Å². The smallest absolute Gasteiger partial charge is 0.282 e. The minimum atomic E-state index is -0.243. The number of ether oxygens (including phenoxy) is 2. The van der Waals surface area contributed by atoms with Crippen LogP contribution in [0.5, 0.6) is 11.5 Å². The van der Waals surface area contributed by atoms with Gasteiger partial charge in [-0.3, -0.25) is 4.79 Å². The Labute approximate surface area is 204 Å². The van der Waals surface area contributed by atoms with Crippen molar-refractivity contribution in [2.45, 2.75) is 13.3 Å². The molecule has 3 aromatic carbocycles. The SMILES string of the molecule is C=CCOc1c(CC=C)cc(C=Nn2c(-c3ccccc3)nc3ccccc3c2=O)cc1OCC. The standard InChI is InChI=1S/C29H27N3O3/c1-4-12-23-18-21(19-26(34-6-3)27(23)35-17-5-2)20-30-32-28(22-13-8-7-9-14-22)31-25-16-11-10-15-24(25)29(32)33/h4-5,7-11,13-16,18-20H,1-2,6,12,17H2,3H3. The van der Waals surface area contributed by atoms with E-state index in [9.17, 15) is 4.79 Å². The van der Waals surface area contributed by atoms with E-state index in [1.54, 1.807) is 24.4 Å². The molecule has 0 aliphatic carbocycles. The summed E-state index contributed by atoms with van der Waals surface area (Å²) in [5, 5.41) is 5.07. The van der Waals surface area contributed by atoms with Crippen molar-refractivity contribution < 1.29 is 9.47 Å². The van der Waals surface area contributed by atoms with Gasteiger partial charge in [-0.25, -0.2) is 4.98 Å². The van der Waals surface area contributed by atoms with Crippen LogP contribution in [-0.4, -0.2) is 29.1 Å². The third-order valence-electron chi connectivity index (χ3n) is 5.27. The summed E-state index contributed by atoms with van der Waals surface area (Å²) < 4.78 is 13.1. The van der Waals surface area contributed by atoms with E-state index in [2.05, 4.69) is 18.3 Å². The first-order valence-corrected chi connectivity index (χ1v) is 11.4. The molecule has 0 amide bonds. The highest BCUT2D eigenvalue weighted by atomic mass is 16.5. The highest BCUT2D eigenvalue weighted by Crippen LogP contribution is 2.33. The minimum Gasteiger partial charge on any atom is -0.490 e. The largest absolute Gasteiger partial charge is 0.490 e. The van der Waals surface area contributed by atoms with E-state index in [1.807, 2.05) is 67.6 Å². The van der Waals surface area contributed by atoms with Gasteiger partial charge in [0.25, 0.3) is 5.56 Å². The molecule has 0 bridgehead atoms. The van der Waals surface area contributed by atoms with Crippen molar-refractivity contribution in [2.24, 2.45) is 5.10 Å². The van der Waals surface area contributed by atoms with Crippen LogP contribution < -0.4 is 15.0 Å². The molecule has 4 aromatic rings. The molecule has 0 aliphatic heterocycles. The summed E-state index contributed by atoms with van der Waals surface area (Å²) in [6.07, 6.45) is 5.71. The van der Waals surface area contributed by atoms with Gasteiger partial charge in [-0.2, -0.15) is 9.78 Å². The van der Waals surface area contributed by atoms with Gasteiger partial charge in [0.05, 0.1) is 23.7 Å². The maximum atomic E-state index is 13.4. The number of rotatable bonds is 10. The fourth-order valence-corrected chi connectivity index (χ4v) is 3.76. The molecule has 1 heterocycles. The molecule has 0 saturated heterocycles. The highest BCUT2D eigenvalue weighted by Gasteiger charge is 2.14. The van der Waals surface area contributed by atoms with Gasteiger partial charge in [-0.1, -0.05) is 61.2 Å². The summed E-state index contributed by atoms with van der Waals surface area (Å²) in [4.78, 5) is 18.1. The zero-order valence-corrected chi connectivity index (χ0v) is 19.7. The zero-order chi connectivity index (χ0) is 24.6. The highest BCUT2D eigenvalue weighted by molar-refractivity contribution is 5.83. The first-order valence-electron chi connectivity index (χ1n) is 11.4. The molecule has 0 atom stereocenters. The lowest BCUT2D eigenvalue weighted by atomic mass is 10.1. The van der Waals surface area contributed by atoms with Crippen molar-refractivity contribution in [3.05, 3.63) is 114 Å². The second-order valence-corrected chi connectivity index (χ2v) is 7.71. The monoisotopic (exact) mass is 465 g/mol. The molecule has 0 unspecified atom stereocenters. The number of nitrogens with zero attached hydrogens (tertiary/aromatic N) is 3. The van der Waals surface area contributed by atoms with Crippen molar-refractivity contribution in [3.8, 4) is 22.9 Å². The van der Waals surface area contributed by atoms with Gasteiger partial charge in [0.2, 0.25) is 0 Å². The Morgan fingerprint density at radius 3 is 2.51 bits per heavy atom. The second kappa shape index (κ2) is 11.1. The van der Waals surface area contributed by atoms with E-state index in [1.165, 1.54) is 4.68 Å². The van der Waals surface area contributed by atoms with Gasteiger partial charge < -0.3 is 9.47 Å². The van der Waals surface area contributed by atoms with Crippen LogP contribution in [0.15, 0.2) is 102 Å². The Balaban J connectivity index is 1.86. The molecular formula is C29H27N3O3. The Morgan fingerprint density at radius 2 is 1.77 bits per heavy atom. The molecule has 6 heteroatoms. The van der Waals surface area contributed by atoms with Crippen LogP contribution in [0.3, 0.4) is 0 Å². The summed E-state index contributed by atoms with van der Waals surface area (Å²) in [5.74, 6) is 1.72. The van der Waals surface area contributed by atoms with Crippen LogP contribution in [-0.2, 0) is 6.42 Å². The first kappa shape index (κ1) is 23.7. The number of hydrogen-bond acceptors (Lipinski definition) is 5. The molecule has 0 N–H and O–H groups in total. The predicted molar refractivity (Wildman–Crippen MR) is 142 cm³/mol. The molecular weight excluding hydrogens is 438 g/mol. The average Bonchev–Trinajstić information content (AvgIpc) is 2.88. The minimum absolute atomic E-state index is 0.243. The van der Waals surface area contributed by atoms with Crippen LogP contribution in [0.25, 0.3) is 22.3 Å². The topological polar surface area (TPSA) is 65.7 Å². The first-order chi connectivity index (χ1) is 17.2. The fraction of sp³-hybridized carbons (Fsp3) is 0.138. The third kappa shape index (κ3) is 5.22. The van der Waals surface area contributed by atoms with Crippen LogP contribution >= 0.6 is 0 Å². The lowest BCUT2D eigenvalue weighted by molar-refractivity contribution is 0.295. The summed E-state index contributed by atoms with van der Waals surface area (Å²) in [7, 11) is 0. The van der Waals surface area contributed by atoms with Crippen LogP contribution in [0.4, 0.5) is 0 Å². The maximum Gasteiger partial charge on any atom is 0.282 e. The average molecular weight is 466 g/mol. The molecule has 4 rings (SSSR count). The van der Waals surface area contributed by atoms with Crippen molar-refractivity contribution in [3.63, 3.8) is 0 Å². The molecule has 176 valence electrons. The van der Waals surface area contributed by atoms with E-state index < -0.39 is 0 Å². The normalized spacial score (nSPS) is 11.0. The zero-order valence-electron chi connectivity index (χ0n) is 19.7. The van der Waals surface area contributed by atoms with Crippen LogP contribution in [0.2, 0.25) is 0 Å². The molecule has 1 aromatic heterocycles. The van der Waals surface area contributed by atoms with E-state index in [0.717, 1.165) is 16.7 Å². The van der Waals surface area contributed by atoms with Gasteiger partial charge in [-0.15, -0.1) is 6.58 Å². The van der Waals surface area contributed by atoms with Crippen LogP contribution in [0.1, 0.15) is 18.1 Å². The Hall–Kier alpha value is -4.45. The van der Waals surface area contributed by atoms with Crippen molar-refractivity contribution in [2.75, 3.05) is 13.2 Å². The molecule has 6 nitrogen and oxygen atoms in total. The van der Waals surface area contributed by atoms with E-state index in [4.69, 9.17) is 14.5 Å². The molecule has 0 spiro atoms. The molecule has 35 heavy (non-hydrogen) atoms. The van der Waals surface area contributed by atoms with Crippen molar-refractivity contribution >= 4 is 17.1 Å². The van der Waals surface area contributed by atoms with Gasteiger partial charge in [0, 0.05) is 11.1 Å². The van der Waals surface area contributed by atoms with Gasteiger partial charge in [-0.05, 0) is 43.2 Å². The maximum absolute atomic E-state index is 13.4. The van der Waals surface area contributed by atoms with Crippen LogP contribution in [0, 0.1) is 0 Å². The number of para-hydroxylation sites is 1. The number of hydrogen-bond donors (Lipinski definition) is 0. The molecule has 0 fully saturated rings. The summed E-state index contributed by atoms with van der Waals surface area (Å²) in [6, 6.07) is 20.6. The van der Waals surface area contributed by atoms with E-state index >= 15 is 0 Å². The lowest BCUT2D eigenvalue weighted by Crippen LogP contribution is -2.20. The van der Waals surface area contributed by atoms with Crippen molar-refractivity contribution in [1.82, 2.24) is 9.66 Å². The molecule has 0 aliphatic rings. The Kier molecular flexibility index (Phi) is 7.53. The molecule has 0 saturated carbocycles. The van der Waals surface area contributed by atoms with E-state index in [0.29, 0.717) is 47.9 Å². The van der Waals surface area contributed by atoms with E-state index in [-0.39, 0.29) is 5.56 Å². The number of benzene rings is 3. The number of aromatic nitrogens is 2. The van der Waals surface area contributed by atoms with Gasteiger partial charge in [0.1, 0.15) is 6.61 Å². The quantitative estimate of drug-likeness (QED) is 0.225. The lowest BCUT2D eigenvalue weighted by Gasteiger charge is -2.16. The Morgan fingerprint density at radius 1 is 1.00 bits per heavy atom. The van der Waals surface area contributed by atoms with Crippen molar-refractivity contribution in [1.29, 1.82) is 0 Å².